The number of benzene rings is 1. The molecule has 0 aliphatic rings. The molecule has 0 unspecified atom stereocenters. The maximum Gasteiger partial charge on any atom is 0.346 e. The van der Waals surface area contributed by atoms with Crippen molar-refractivity contribution in [1.82, 2.24) is 4.98 Å². The Hall–Kier alpha value is -0.770. The van der Waals surface area contributed by atoms with Crippen LogP contribution in [0.25, 0.3) is 10.9 Å². The van der Waals surface area contributed by atoms with Crippen LogP contribution >= 0.6 is 34.8 Å². The van der Waals surface area contributed by atoms with E-state index in [4.69, 9.17) is 39.2 Å². The standard InChI is InChI=1S/C9H4Cl3NO2/c10-9(11,12)8-13-6-4-2-1-3-5(6)7(14)15-8/h1-4H. The predicted molar refractivity (Wildman–Crippen MR) is 59.5 cm³/mol. The van der Waals surface area contributed by atoms with Crippen LogP contribution in [-0.2, 0) is 3.79 Å². The first-order valence-electron chi connectivity index (χ1n) is 3.95. The van der Waals surface area contributed by atoms with Crippen LogP contribution in [0.5, 0.6) is 0 Å². The van der Waals surface area contributed by atoms with E-state index in [2.05, 4.69) is 4.98 Å². The quantitative estimate of drug-likeness (QED) is 0.687. The minimum Gasteiger partial charge on any atom is -0.403 e. The van der Waals surface area contributed by atoms with E-state index in [1.54, 1.807) is 24.3 Å². The normalized spacial score (nSPS) is 11.9. The van der Waals surface area contributed by atoms with E-state index in [0.717, 1.165) is 0 Å². The highest BCUT2D eigenvalue weighted by molar-refractivity contribution is 6.66. The number of hydrogen-bond acceptors (Lipinski definition) is 3. The molecule has 78 valence electrons. The molecule has 0 saturated heterocycles. The monoisotopic (exact) mass is 263 g/mol. The number of aromatic nitrogens is 1. The minimum atomic E-state index is -1.83. The molecular formula is C9H4Cl3NO2. The van der Waals surface area contributed by atoms with E-state index in [0.29, 0.717) is 10.9 Å². The fourth-order valence-corrected chi connectivity index (χ4v) is 1.38. The summed E-state index contributed by atoms with van der Waals surface area (Å²) in [5, 5.41) is 0.357. The molecular weight excluding hydrogens is 260 g/mol. The smallest absolute Gasteiger partial charge is 0.346 e. The Morgan fingerprint density at radius 1 is 1.20 bits per heavy atom. The lowest BCUT2D eigenvalue weighted by molar-refractivity contribution is 0.451. The number of para-hydroxylation sites is 1. The Balaban J connectivity index is 2.79. The Kier molecular flexibility index (Phi) is 2.63. The highest BCUT2D eigenvalue weighted by atomic mass is 35.6. The molecule has 0 spiro atoms. The van der Waals surface area contributed by atoms with Crippen LogP contribution in [0.1, 0.15) is 5.89 Å². The van der Waals surface area contributed by atoms with Crippen LogP contribution < -0.4 is 5.63 Å². The van der Waals surface area contributed by atoms with Gasteiger partial charge in [0, 0.05) is 0 Å². The van der Waals surface area contributed by atoms with Gasteiger partial charge in [-0.1, -0.05) is 46.9 Å². The average Bonchev–Trinajstić information content (AvgIpc) is 2.16. The highest BCUT2D eigenvalue weighted by Crippen LogP contribution is 2.36. The largest absolute Gasteiger partial charge is 0.403 e. The fourth-order valence-electron chi connectivity index (χ4n) is 1.14. The van der Waals surface area contributed by atoms with Gasteiger partial charge in [-0.3, -0.25) is 0 Å². The van der Waals surface area contributed by atoms with Crippen molar-refractivity contribution in [3.63, 3.8) is 0 Å². The first kappa shape index (κ1) is 10.7. The van der Waals surface area contributed by atoms with Crippen LogP contribution in [0.3, 0.4) is 0 Å². The zero-order valence-corrected chi connectivity index (χ0v) is 9.47. The van der Waals surface area contributed by atoms with Crippen molar-refractivity contribution in [1.29, 1.82) is 0 Å². The number of rotatable bonds is 0. The summed E-state index contributed by atoms with van der Waals surface area (Å²) < 4.78 is 2.96. The van der Waals surface area contributed by atoms with Gasteiger partial charge in [0.25, 0.3) is 9.68 Å². The molecule has 0 saturated carbocycles. The van der Waals surface area contributed by atoms with Gasteiger partial charge in [0.1, 0.15) is 0 Å². The Labute approximate surface area is 99.6 Å². The lowest BCUT2D eigenvalue weighted by atomic mass is 10.2. The lowest BCUT2D eigenvalue weighted by Crippen LogP contribution is -2.11. The molecule has 0 aliphatic carbocycles. The molecule has 0 bridgehead atoms. The van der Waals surface area contributed by atoms with Gasteiger partial charge in [-0.15, -0.1) is 0 Å². The number of alkyl halides is 3. The van der Waals surface area contributed by atoms with Crippen molar-refractivity contribution < 1.29 is 4.42 Å². The van der Waals surface area contributed by atoms with Gasteiger partial charge >= 0.3 is 5.63 Å². The van der Waals surface area contributed by atoms with Crippen molar-refractivity contribution in [2.24, 2.45) is 0 Å². The minimum absolute atomic E-state index is 0.226. The summed E-state index contributed by atoms with van der Waals surface area (Å²) in [5.41, 5.74) is -0.128. The first-order chi connectivity index (χ1) is 6.98. The van der Waals surface area contributed by atoms with Gasteiger partial charge < -0.3 is 4.42 Å². The molecule has 0 aliphatic heterocycles. The van der Waals surface area contributed by atoms with Crippen molar-refractivity contribution in [2.45, 2.75) is 3.79 Å². The number of nitrogens with zero attached hydrogens (tertiary/aromatic N) is 1. The third kappa shape index (κ3) is 2.09. The Bertz CT molecular complexity index is 559. The summed E-state index contributed by atoms with van der Waals surface area (Å²) >= 11 is 16.7. The molecule has 0 radical (unpaired) electrons. The Morgan fingerprint density at radius 3 is 2.53 bits per heavy atom. The van der Waals surface area contributed by atoms with Gasteiger partial charge in [0.2, 0.25) is 0 Å². The summed E-state index contributed by atoms with van der Waals surface area (Å²) in [4.78, 5) is 15.4. The summed E-state index contributed by atoms with van der Waals surface area (Å²) in [6.07, 6.45) is 0. The van der Waals surface area contributed by atoms with E-state index in [-0.39, 0.29) is 5.89 Å². The average molecular weight is 264 g/mol. The molecule has 0 N–H and O–H groups in total. The SMILES string of the molecule is O=c1oc(C(Cl)(Cl)Cl)nc2ccccc12. The molecule has 0 amide bonds. The van der Waals surface area contributed by atoms with E-state index >= 15 is 0 Å². The summed E-state index contributed by atoms with van der Waals surface area (Å²) in [7, 11) is 0. The zero-order chi connectivity index (χ0) is 11.1. The Morgan fingerprint density at radius 2 is 1.87 bits per heavy atom. The third-order valence-electron chi connectivity index (χ3n) is 1.78. The second kappa shape index (κ2) is 3.67. The first-order valence-corrected chi connectivity index (χ1v) is 5.09. The fraction of sp³-hybridized carbons (Fsp3) is 0.111. The number of halogens is 3. The molecule has 6 heteroatoms. The van der Waals surface area contributed by atoms with Crippen LogP contribution in [0.15, 0.2) is 33.5 Å². The van der Waals surface area contributed by atoms with Crippen molar-refractivity contribution in [3.05, 3.63) is 40.6 Å². The maximum atomic E-state index is 11.5. The molecule has 2 rings (SSSR count). The number of hydrogen-bond donors (Lipinski definition) is 0. The van der Waals surface area contributed by atoms with Gasteiger partial charge in [-0.25, -0.2) is 9.78 Å². The molecule has 1 heterocycles. The molecule has 1 aromatic heterocycles. The summed E-state index contributed by atoms with van der Waals surface area (Å²) in [6.45, 7) is 0. The summed E-state index contributed by atoms with van der Waals surface area (Å²) in [5.74, 6) is -0.226. The molecule has 2 aromatic rings. The molecule has 3 nitrogen and oxygen atoms in total. The van der Waals surface area contributed by atoms with Crippen molar-refractivity contribution >= 4 is 45.7 Å². The molecule has 0 atom stereocenters. The van der Waals surface area contributed by atoms with Gasteiger partial charge in [0.15, 0.2) is 0 Å². The molecule has 1 aromatic carbocycles. The van der Waals surface area contributed by atoms with Gasteiger partial charge in [-0.2, -0.15) is 0 Å². The summed E-state index contributed by atoms with van der Waals surface area (Å²) in [6, 6.07) is 6.68. The highest BCUT2D eigenvalue weighted by Gasteiger charge is 2.29. The van der Waals surface area contributed by atoms with E-state index < -0.39 is 9.42 Å². The van der Waals surface area contributed by atoms with E-state index in [1.165, 1.54) is 0 Å². The van der Waals surface area contributed by atoms with Gasteiger partial charge in [0.05, 0.1) is 10.9 Å². The number of fused-ring (bicyclic) bond motifs is 1. The maximum absolute atomic E-state index is 11.5. The van der Waals surface area contributed by atoms with Crippen molar-refractivity contribution in [2.75, 3.05) is 0 Å². The topological polar surface area (TPSA) is 43.1 Å². The second-order valence-electron chi connectivity index (χ2n) is 2.82. The molecule has 15 heavy (non-hydrogen) atoms. The second-order valence-corrected chi connectivity index (χ2v) is 5.10. The van der Waals surface area contributed by atoms with Crippen LogP contribution in [-0.4, -0.2) is 4.98 Å². The van der Waals surface area contributed by atoms with Crippen LogP contribution in [0.4, 0.5) is 0 Å². The van der Waals surface area contributed by atoms with E-state index in [9.17, 15) is 4.79 Å². The third-order valence-corrected chi connectivity index (χ3v) is 2.26. The van der Waals surface area contributed by atoms with Crippen molar-refractivity contribution in [3.8, 4) is 0 Å². The zero-order valence-electron chi connectivity index (χ0n) is 7.21. The van der Waals surface area contributed by atoms with Crippen LogP contribution in [0.2, 0.25) is 0 Å². The molecule has 0 fully saturated rings. The van der Waals surface area contributed by atoms with Crippen LogP contribution in [0, 0.1) is 0 Å². The van der Waals surface area contributed by atoms with E-state index in [1.807, 2.05) is 0 Å². The van der Waals surface area contributed by atoms with Gasteiger partial charge in [-0.05, 0) is 12.1 Å². The predicted octanol–water partition coefficient (Wildman–Crippen LogP) is 3.01. The lowest BCUT2D eigenvalue weighted by Gasteiger charge is -2.07.